The number of carbonyl (C=O) groups excluding carboxylic acids is 2. The van der Waals surface area contributed by atoms with Crippen molar-refractivity contribution in [1.82, 2.24) is 19.2 Å². The summed E-state index contributed by atoms with van der Waals surface area (Å²) in [5, 5.41) is 24.6. The molecule has 1 spiro atoms. The third-order valence-corrected chi connectivity index (χ3v) is 14.1. The Hall–Kier alpha value is -3.38. The number of fused-ring (bicyclic) bond motifs is 4. The Kier molecular flexibility index (Phi) is 13.2. The molecule has 1 unspecified atom stereocenters. The maximum absolute atomic E-state index is 14.0. The third kappa shape index (κ3) is 9.33. The molecule has 6 rings (SSSR count). The van der Waals surface area contributed by atoms with E-state index >= 15 is 0 Å². The first kappa shape index (κ1) is 44.2. The van der Waals surface area contributed by atoms with Gasteiger partial charge in [-0.15, -0.1) is 0 Å². The molecule has 4 N–H and O–H groups in total. The van der Waals surface area contributed by atoms with Crippen LogP contribution in [-0.2, 0) is 42.0 Å². The molecular formula is C41H56ClF2N5O8S. The maximum atomic E-state index is 14.0. The molecule has 0 radical (unpaired) electrons. The van der Waals surface area contributed by atoms with Crippen LogP contribution in [0.2, 0.25) is 5.02 Å². The Bertz CT molecular complexity index is 1990. The van der Waals surface area contributed by atoms with Crippen molar-refractivity contribution < 1.29 is 46.5 Å². The number of rotatable bonds is 10. The summed E-state index contributed by atoms with van der Waals surface area (Å²) in [4.78, 5) is 31.4. The molecule has 0 saturated heterocycles. The molecule has 58 heavy (non-hydrogen) atoms. The number of halogens is 3. The molecule has 4 aliphatic rings. The van der Waals surface area contributed by atoms with Gasteiger partial charge in [0.05, 0.1) is 38.0 Å². The number of alkyl halides is 2. The van der Waals surface area contributed by atoms with Crippen LogP contribution in [0, 0.1) is 11.3 Å². The smallest absolute Gasteiger partial charge is 0.303 e. The van der Waals surface area contributed by atoms with Crippen molar-refractivity contribution in [2.45, 2.75) is 74.9 Å². The number of hydrogen-bond donors (Lipinski definition) is 4. The number of carbonyl (C=O) groups is 2. The topological polar surface area (TPSA) is 161 Å². The fourth-order valence-corrected chi connectivity index (χ4v) is 9.61. The Labute approximate surface area is 344 Å². The molecule has 2 heterocycles. The van der Waals surface area contributed by atoms with Gasteiger partial charge in [0.25, 0.3) is 11.8 Å². The van der Waals surface area contributed by atoms with Crippen LogP contribution in [-0.4, -0.2) is 125 Å². The second-order valence-electron chi connectivity index (χ2n) is 16.9. The second kappa shape index (κ2) is 17.3. The van der Waals surface area contributed by atoms with Crippen molar-refractivity contribution in [3.63, 3.8) is 0 Å². The van der Waals surface area contributed by atoms with Gasteiger partial charge in [0.2, 0.25) is 5.91 Å². The third-order valence-electron chi connectivity index (χ3n) is 12.5. The van der Waals surface area contributed by atoms with Crippen LogP contribution in [0.4, 0.5) is 14.5 Å². The molecule has 2 aromatic carbocycles. The molecule has 2 aliphatic carbocycles. The Morgan fingerprint density at radius 2 is 1.95 bits per heavy atom. The molecule has 320 valence electrons. The zero-order valence-electron chi connectivity index (χ0n) is 33.6. The zero-order valence-corrected chi connectivity index (χ0v) is 35.2. The summed E-state index contributed by atoms with van der Waals surface area (Å²) in [5.74, 6) is -4.58. The fourth-order valence-electron chi connectivity index (χ4n) is 8.83. The highest BCUT2D eigenvalue weighted by molar-refractivity contribution is 7.87. The van der Waals surface area contributed by atoms with E-state index in [2.05, 4.69) is 23.2 Å². The Morgan fingerprint density at radius 1 is 1.17 bits per heavy atom. The predicted octanol–water partition coefficient (Wildman–Crippen LogP) is 3.75. The van der Waals surface area contributed by atoms with Gasteiger partial charge in [0.1, 0.15) is 12.4 Å². The van der Waals surface area contributed by atoms with Crippen LogP contribution >= 0.6 is 11.6 Å². The summed E-state index contributed by atoms with van der Waals surface area (Å²) in [6.07, 6.45) is 7.45. The predicted molar refractivity (Wildman–Crippen MR) is 216 cm³/mol. The van der Waals surface area contributed by atoms with E-state index in [-0.39, 0.29) is 42.7 Å². The molecule has 2 bridgehead atoms. The average molecular weight is 852 g/mol. The molecule has 13 nitrogen and oxygen atoms in total. The van der Waals surface area contributed by atoms with Crippen molar-refractivity contribution in [2.75, 3.05) is 78.6 Å². The lowest BCUT2D eigenvalue weighted by Gasteiger charge is -2.53. The molecule has 1 saturated carbocycles. The van der Waals surface area contributed by atoms with Gasteiger partial charge in [0.15, 0.2) is 5.60 Å². The van der Waals surface area contributed by atoms with Gasteiger partial charge in [-0.1, -0.05) is 42.8 Å². The minimum atomic E-state index is -4.35. The fraction of sp³-hybridized carbons (Fsp3) is 0.610. The summed E-state index contributed by atoms with van der Waals surface area (Å²) in [6.45, 7) is 2.16. The highest BCUT2D eigenvalue weighted by Crippen LogP contribution is 2.53. The van der Waals surface area contributed by atoms with Crippen LogP contribution in [0.1, 0.15) is 62.1 Å². The van der Waals surface area contributed by atoms with Crippen LogP contribution in [0.15, 0.2) is 48.6 Å². The van der Waals surface area contributed by atoms with Crippen LogP contribution in [0.25, 0.3) is 0 Å². The van der Waals surface area contributed by atoms with Crippen LogP contribution < -0.4 is 19.7 Å². The molecule has 2 amide bonds. The Morgan fingerprint density at radius 3 is 2.66 bits per heavy atom. The van der Waals surface area contributed by atoms with Crippen LogP contribution in [0.3, 0.4) is 0 Å². The first-order chi connectivity index (χ1) is 27.3. The van der Waals surface area contributed by atoms with E-state index in [0.29, 0.717) is 42.6 Å². The minimum Gasteiger partial charge on any atom is -0.490 e. The SMILES string of the molecule is CN1CC/C=C/[C@H](OCCNCC(F)(F)CO)[C@@H]2CCC2(C)CN2C[C@@]3(CCCc4cc(Cl)ccc43)COc3ccc(cc32)[C@@](O)(C(=O)NS(=O)(=O)N(C)C)CC1=O. The van der Waals surface area contributed by atoms with Gasteiger partial charge in [-0.3, -0.25) is 9.59 Å². The largest absolute Gasteiger partial charge is 0.490 e. The normalized spacial score (nSPS) is 28.6. The summed E-state index contributed by atoms with van der Waals surface area (Å²) in [5.41, 5.74) is -0.479. The molecule has 2 aliphatic heterocycles. The standard InChI is InChI=1S/C41H56ClF2N5O8S/c1-38-16-14-32(38)34(56-19-17-45-23-40(43,44)26-50)9-5-6-18-48(4)36(51)22-41(53,37(52)46-58(54,55)47(2)3)29-10-13-35-33(21-29)49(24-38)25-39(27-57-35)15-7-8-28-20-30(42)11-12-31(28)39/h5,9-13,20-21,32,34,45,50,53H,6-8,14-19,22-27H2,1-4H3,(H,46,52)/b9-5+/t32-,34-,38?,39-,41+/m0/s1. The highest BCUT2D eigenvalue weighted by atomic mass is 35.5. The number of nitrogens with zero attached hydrogens (tertiary/aromatic N) is 3. The lowest BCUT2D eigenvalue weighted by Crippen LogP contribution is -2.54. The summed E-state index contributed by atoms with van der Waals surface area (Å²) in [6, 6.07) is 10.8. The van der Waals surface area contributed by atoms with Gasteiger partial charge < -0.3 is 34.8 Å². The number of anilines is 1. The van der Waals surface area contributed by atoms with Crippen molar-refractivity contribution in [3.8, 4) is 5.75 Å². The number of aliphatic hydroxyl groups is 2. The van der Waals surface area contributed by atoms with Crippen molar-refractivity contribution >= 4 is 39.3 Å². The quantitative estimate of drug-likeness (QED) is 0.205. The van der Waals surface area contributed by atoms with Gasteiger partial charge in [-0.25, -0.2) is 13.5 Å². The van der Waals surface area contributed by atoms with E-state index in [1.54, 1.807) is 19.2 Å². The second-order valence-corrected chi connectivity index (χ2v) is 19.2. The molecule has 17 heteroatoms. The van der Waals surface area contributed by atoms with Gasteiger partial charge in [-0.2, -0.15) is 12.7 Å². The van der Waals surface area contributed by atoms with E-state index in [0.717, 1.165) is 47.5 Å². The van der Waals surface area contributed by atoms with Gasteiger partial charge in [0, 0.05) is 57.8 Å². The van der Waals surface area contributed by atoms with E-state index in [9.17, 15) is 31.9 Å². The number of nitrogens with one attached hydrogen (secondary N) is 2. The molecular weight excluding hydrogens is 796 g/mol. The van der Waals surface area contributed by atoms with Crippen molar-refractivity contribution in [2.24, 2.45) is 11.3 Å². The van der Waals surface area contributed by atoms with Crippen molar-refractivity contribution in [1.29, 1.82) is 0 Å². The number of hydrogen-bond acceptors (Lipinski definition) is 10. The molecule has 0 aromatic heterocycles. The number of benzene rings is 2. The molecule has 5 atom stereocenters. The first-order valence-corrected chi connectivity index (χ1v) is 21.6. The lowest BCUT2D eigenvalue weighted by molar-refractivity contribution is -0.148. The van der Waals surface area contributed by atoms with Crippen molar-refractivity contribution in [3.05, 3.63) is 70.3 Å². The number of ether oxygens (including phenoxy) is 2. The number of aryl methyl sites for hydroxylation is 1. The first-order valence-electron chi connectivity index (χ1n) is 19.8. The molecule has 2 aromatic rings. The summed E-state index contributed by atoms with van der Waals surface area (Å²) in [7, 11) is -0.312. The van der Waals surface area contributed by atoms with E-state index in [1.807, 2.05) is 29.0 Å². The zero-order chi connectivity index (χ0) is 42.1. The number of aliphatic hydroxyl groups excluding tert-OH is 1. The summed E-state index contributed by atoms with van der Waals surface area (Å²) >= 11 is 6.48. The lowest BCUT2D eigenvalue weighted by atomic mass is 9.58. The minimum absolute atomic E-state index is 0.0121. The average Bonchev–Trinajstić information content (AvgIpc) is 3.31. The number of amides is 2. The summed E-state index contributed by atoms with van der Waals surface area (Å²) < 4.78 is 69.0. The highest BCUT2D eigenvalue weighted by Gasteiger charge is 2.51. The Balaban J connectivity index is 1.42. The van der Waals surface area contributed by atoms with Gasteiger partial charge >= 0.3 is 10.2 Å². The van der Waals surface area contributed by atoms with E-state index in [4.69, 9.17) is 26.2 Å². The molecule has 1 fully saturated rings. The monoisotopic (exact) mass is 851 g/mol. The maximum Gasteiger partial charge on any atom is 0.303 e. The van der Waals surface area contributed by atoms with Crippen LogP contribution in [0.5, 0.6) is 5.75 Å². The van der Waals surface area contributed by atoms with Gasteiger partial charge in [-0.05, 0) is 90.8 Å². The van der Waals surface area contributed by atoms with E-state index in [1.165, 1.54) is 25.1 Å². The van der Waals surface area contributed by atoms with E-state index < -0.39 is 58.5 Å².